The Balaban J connectivity index is 1.36. The number of carbonyl (C=O) groups is 2. The summed E-state index contributed by atoms with van der Waals surface area (Å²) < 4.78 is 7.00. The van der Waals surface area contributed by atoms with Crippen LogP contribution in [-0.4, -0.2) is 51.6 Å². The highest BCUT2D eigenvalue weighted by Crippen LogP contribution is 2.25. The van der Waals surface area contributed by atoms with E-state index in [1.807, 2.05) is 48.2 Å². The average molecular weight is 436 g/mol. The summed E-state index contributed by atoms with van der Waals surface area (Å²) in [6.07, 6.45) is 5.15. The monoisotopic (exact) mass is 435 g/mol. The van der Waals surface area contributed by atoms with Gasteiger partial charge in [0.2, 0.25) is 5.91 Å². The molecule has 1 saturated heterocycles. The molecule has 3 heterocycles. The third kappa shape index (κ3) is 4.90. The number of aryl methyl sites for hydroxylation is 1. The number of fused-ring (bicyclic) bond motifs is 1. The number of methoxy groups -OCH3 is 1. The normalized spacial score (nSPS) is 15.5. The summed E-state index contributed by atoms with van der Waals surface area (Å²) in [5.41, 5.74) is 2.91. The number of imidazole rings is 1. The molecule has 1 atom stereocenters. The summed E-state index contributed by atoms with van der Waals surface area (Å²) in [5.74, 6) is 1.52. The summed E-state index contributed by atoms with van der Waals surface area (Å²) in [7, 11) is 1.33. The Kier molecular flexibility index (Phi) is 6.68. The van der Waals surface area contributed by atoms with Crippen LogP contribution < -0.4 is 5.32 Å². The van der Waals surface area contributed by atoms with Gasteiger partial charge in [-0.15, -0.1) is 0 Å². The molecular weight excluding hydrogens is 406 g/mol. The summed E-state index contributed by atoms with van der Waals surface area (Å²) in [6, 6.07) is 11.1. The van der Waals surface area contributed by atoms with E-state index in [4.69, 9.17) is 4.74 Å². The number of ether oxygens (including phenoxy) is 1. The second kappa shape index (κ2) is 9.80. The first-order valence-corrected chi connectivity index (χ1v) is 11.0. The van der Waals surface area contributed by atoms with Crippen LogP contribution in [0.1, 0.15) is 36.7 Å². The van der Waals surface area contributed by atoms with Crippen LogP contribution in [0.3, 0.4) is 0 Å². The van der Waals surface area contributed by atoms with E-state index < -0.39 is 12.1 Å². The van der Waals surface area contributed by atoms with E-state index in [9.17, 15) is 9.59 Å². The molecule has 8 heteroatoms. The summed E-state index contributed by atoms with van der Waals surface area (Å²) in [6.45, 7) is 4.36. The smallest absolute Gasteiger partial charge is 0.407 e. The number of amides is 2. The molecule has 3 aromatic rings. The minimum Gasteiger partial charge on any atom is -0.453 e. The molecule has 2 aromatic heterocycles. The van der Waals surface area contributed by atoms with Crippen molar-refractivity contribution < 1.29 is 14.3 Å². The molecule has 4 rings (SSSR count). The topological polar surface area (TPSA) is 89.4 Å². The van der Waals surface area contributed by atoms with Crippen LogP contribution >= 0.6 is 0 Å². The molecule has 1 unspecified atom stereocenters. The fraction of sp³-hybridized carbons (Fsp3) is 0.417. The third-order valence-electron chi connectivity index (χ3n) is 6.21. The molecule has 1 aliphatic rings. The van der Waals surface area contributed by atoms with Gasteiger partial charge in [-0.05, 0) is 37.3 Å². The van der Waals surface area contributed by atoms with Crippen LogP contribution in [0.15, 0.2) is 48.8 Å². The summed E-state index contributed by atoms with van der Waals surface area (Å²) >= 11 is 0. The second-order valence-corrected chi connectivity index (χ2v) is 8.26. The van der Waals surface area contributed by atoms with Crippen molar-refractivity contribution in [3.63, 3.8) is 0 Å². The maximum absolute atomic E-state index is 13.0. The first-order valence-electron chi connectivity index (χ1n) is 11.0. The van der Waals surface area contributed by atoms with Gasteiger partial charge in [0, 0.05) is 25.8 Å². The van der Waals surface area contributed by atoms with Crippen molar-refractivity contribution in [2.45, 2.75) is 38.8 Å². The number of nitrogens with one attached hydrogen (secondary N) is 1. The minimum atomic E-state index is -0.538. The van der Waals surface area contributed by atoms with Crippen LogP contribution in [0.4, 0.5) is 4.79 Å². The molecule has 0 radical (unpaired) electrons. The Bertz CT molecular complexity index is 1070. The molecule has 1 fully saturated rings. The Morgan fingerprint density at radius 1 is 1.19 bits per heavy atom. The van der Waals surface area contributed by atoms with Crippen molar-refractivity contribution >= 4 is 23.0 Å². The number of hydrogen-bond donors (Lipinski definition) is 1. The first kappa shape index (κ1) is 21.8. The Morgan fingerprint density at radius 2 is 1.94 bits per heavy atom. The van der Waals surface area contributed by atoms with Gasteiger partial charge in [-0.25, -0.2) is 9.78 Å². The molecule has 0 bridgehead atoms. The number of aromatic nitrogens is 3. The maximum Gasteiger partial charge on any atom is 0.407 e. The van der Waals surface area contributed by atoms with Gasteiger partial charge in [0.05, 0.1) is 31.3 Å². The Labute approximate surface area is 187 Å². The third-order valence-corrected chi connectivity index (χ3v) is 6.21. The number of likely N-dealkylation sites (tertiary alicyclic amines) is 1. The van der Waals surface area contributed by atoms with Gasteiger partial charge in [0.15, 0.2) is 0 Å². The number of carbonyl (C=O) groups excluding carboxylic acids is 2. The number of nitrogens with zero attached hydrogens (tertiary/aromatic N) is 4. The van der Waals surface area contributed by atoms with Gasteiger partial charge < -0.3 is 19.5 Å². The molecule has 1 aliphatic heterocycles. The van der Waals surface area contributed by atoms with E-state index in [1.165, 1.54) is 7.11 Å². The van der Waals surface area contributed by atoms with E-state index in [-0.39, 0.29) is 12.3 Å². The summed E-state index contributed by atoms with van der Waals surface area (Å²) in [4.78, 5) is 35.5. The number of pyridine rings is 1. The lowest BCUT2D eigenvalue weighted by Gasteiger charge is -2.33. The molecular formula is C24H29N5O3. The second-order valence-electron chi connectivity index (χ2n) is 8.26. The number of rotatable bonds is 6. The molecule has 168 valence electrons. The predicted octanol–water partition coefficient (Wildman–Crippen LogP) is 3.47. The average Bonchev–Trinajstić information content (AvgIpc) is 3.14. The molecule has 8 nitrogen and oxygen atoms in total. The van der Waals surface area contributed by atoms with Crippen molar-refractivity contribution in [3.8, 4) is 0 Å². The zero-order valence-corrected chi connectivity index (χ0v) is 18.5. The van der Waals surface area contributed by atoms with Gasteiger partial charge in [-0.1, -0.05) is 30.3 Å². The van der Waals surface area contributed by atoms with Crippen LogP contribution in [0.5, 0.6) is 0 Å². The maximum atomic E-state index is 13.0. The predicted molar refractivity (Wildman–Crippen MR) is 121 cm³/mol. The zero-order valence-electron chi connectivity index (χ0n) is 18.5. The minimum absolute atomic E-state index is 0.0454. The van der Waals surface area contributed by atoms with Gasteiger partial charge in [0.25, 0.3) is 0 Å². The van der Waals surface area contributed by atoms with E-state index >= 15 is 0 Å². The highest BCUT2D eigenvalue weighted by molar-refractivity contribution is 5.78. The quantitative estimate of drug-likeness (QED) is 0.640. The molecule has 0 saturated carbocycles. The van der Waals surface area contributed by atoms with Crippen molar-refractivity contribution in [1.29, 1.82) is 0 Å². The fourth-order valence-corrected chi connectivity index (χ4v) is 4.40. The number of hydrogen-bond acceptors (Lipinski definition) is 5. The highest BCUT2D eigenvalue weighted by Gasteiger charge is 2.27. The van der Waals surface area contributed by atoms with Crippen molar-refractivity contribution in [2.75, 3.05) is 20.2 Å². The van der Waals surface area contributed by atoms with Crippen molar-refractivity contribution in [2.24, 2.45) is 5.92 Å². The lowest BCUT2D eigenvalue weighted by atomic mass is 9.95. The molecule has 2 amide bonds. The fourth-order valence-electron chi connectivity index (χ4n) is 4.40. The Morgan fingerprint density at radius 3 is 2.66 bits per heavy atom. The lowest BCUT2D eigenvalue weighted by Crippen LogP contribution is -2.41. The number of alkyl carbamates (subject to hydrolysis) is 1. The van der Waals surface area contributed by atoms with E-state index in [0.717, 1.165) is 54.9 Å². The van der Waals surface area contributed by atoms with Crippen LogP contribution in [0, 0.1) is 12.8 Å². The van der Waals surface area contributed by atoms with Gasteiger partial charge in [-0.3, -0.25) is 9.78 Å². The largest absolute Gasteiger partial charge is 0.453 e. The first-order chi connectivity index (χ1) is 15.5. The van der Waals surface area contributed by atoms with Crippen LogP contribution in [-0.2, 0) is 16.1 Å². The van der Waals surface area contributed by atoms with E-state index in [0.29, 0.717) is 5.92 Å². The van der Waals surface area contributed by atoms with Gasteiger partial charge >= 0.3 is 6.09 Å². The Hall–Kier alpha value is -3.42. The van der Waals surface area contributed by atoms with E-state index in [2.05, 4.69) is 19.9 Å². The van der Waals surface area contributed by atoms with Crippen molar-refractivity contribution in [3.05, 3.63) is 60.2 Å². The number of piperidine rings is 1. The molecule has 1 aromatic carbocycles. The van der Waals surface area contributed by atoms with Gasteiger partial charge in [-0.2, -0.15) is 0 Å². The molecule has 0 aliphatic carbocycles. The van der Waals surface area contributed by atoms with Crippen LogP contribution in [0.2, 0.25) is 0 Å². The molecule has 0 spiro atoms. The lowest BCUT2D eigenvalue weighted by molar-refractivity contribution is -0.133. The molecule has 1 N–H and O–H groups in total. The SMILES string of the molecule is COC(=O)NC(CC(=O)N1CCC(Cn2c(C)nc3cnccc32)CC1)c1ccccc1. The van der Waals surface area contributed by atoms with Crippen LogP contribution in [0.25, 0.3) is 11.0 Å². The van der Waals surface area contributed by atoms with Crippen molar-refractivity contribution in [1.82, 2.24) is 24.8 Å². The zero-order chi connectivity index (χ0) is 22.5. The standard InChI is InChI=1S/C24H29N5O3/c1-17-26-21-15-25-11-8-22(21)29(17)16-18-9-12-28(13-10-18)23(30)14-20(27-24(31)32-2)19-6-4-3-5-7-19/h3-8,11,15,18,20H,9-10,12-14,16H2,1-2H3,(H,27,31). The molecule has 32 heavy (non-hydrogen) atoms. The highest BCUT2D eigenvalue weighted by atomic mass is 16.5. The van der Waals surface area contributed by atoms with Gasteiger partial charge in [0.1, 0.15) is 11.3 Å². The summed E-state index contributed by atoms with van der Waals surface area (Å²) in [5, 5.41) is 2.79. The van der Waals surface area contributed by atoms with E-state index in [1.54, 1.807) is 12.4 Å². The number of benzene rings is 1.